The Morgan fingerprint density at radius 1 is 1.50 bits per heavy atom. The molecule has 1 aliphatic rings. The van der Waals surface area contributed by atoms with Crippen LogP contribution in [-0.4, -0.2) is 39.0 Å². The van der Waals surface area contributed by atoms with Crippen LogP contribution in [0.5, 0.6) is 0 Å². The molecule has 24 heavy (non-hydrogen) atoms. The van der Waals surface area contributed by atoms with E-state index in [2.05, 4.69) is 23.9 Å². The molecule has 1 aliphatic heterocycles. The van der Waals surface area contributed by atoms with Gasteiger partial charge in [-0.05, 0) is 30.5 Å². The molecule has 132 valence electrons. The Balaban J connectivity index is 2.12. The van der Waals surface area contributed by atoms with Crippen molar-refractivity contribution in [3.63, 3.8) is 0 Å². The van der Waals surface area contributed by atoms with Crippen molar-refractivity contribution in [2.24, 2.45) is 5.92 Å². The van der Waals surface area contributed by atoms with Gasteiger partial charge in [-0.2, -0.15) is 5.26 Å². The van der Waals surface area contributed by atoms with E-state index >= 15 is 0 Å². The molecule has 0 aliphatic carbocycles. The van der Waals surface area contributed by atoms with Gasteiger partial charge in [-0.25, -0.2) is 13.1 Å². The lowest BCUT2D eigenvalue weighted by Gasteiger charge is -2.16. The van der Waals surface area contributed by atoms with E-state index in [1.807, 2.05) is 6.19 Å². The third-order valence-electron chi connectivity index (χ3n) is 4.22. The Labute approximate surface area is 148 Å². The fourth-order valence-corrected chi connectivity index (χ4v) is 4.27. The SMILES string of the molecule is CCC(C)CNc1ccc(Cl)c(S(=O)(=O)NC2CCN(C#N)C2)c1. The van der Waals surface area contributed by atoms with Gasteiger partial charge in [-0.15, -0.1) is 0 Å². The molecule has 0 aromatic heterocycles. The van der Waals surface area contributed by atoms with E-state index in [0.29, 0.717) is 25.4 Å². The van der Waals surface area contributed by atoms with Gasteiger partial charge in [0.05, 0.1) is 5.02 Å². The molecule has 1 fully saturated rings. The molecule has 0 radical (unpaired) electrons. The lowest BCUT2D eigenvalue weighted by atomic mass is 10.1. The van der Waals surface area contributed by atoms with Gasteiger partial charge in [-0.3, -0.25) is 0 Å². The zero-order chi connectivity index (χ0) is 17.7. The minimum Gasteiger partial charge on any atom is -0.385 e. The van der Waals surface area contributed by atoms with Crippen LogP contribution in [-0.2, 0) is 10.0 Å². The van der Waals surface area contributed by atoms with E-state index in [0.717, 1.165) is 18.7 Å². The van der Waals surface area contributed by atoms with Gasteiger partial charge < -0.3 is 10.2 Å². The molecule has 2 atom stereocenters. The minimum atomic E-state index is -3.73. The van der Waals surface area contributed by atoms with E-state index in [1.54, 1.807) is 23.1 Å². The van der Waals surface area contributed by atoms with E-state index in [4.69, 9.17) is 16.9 Å². The van der Waals surface area contributed by atoms with Crippen molar-refractivity contribution in [1.82, 2.24) is 9.62 Å². The highest BCUT2D eigenvalue weighted by Gasteiger charge is 2.28. The third kappa shape index (κ3) is 4.76. The second-order valence-corrected chi connectivity index (χ2v) is 8.28. The van der Waals surface area contributed by atoms with Crippen molar-refractivity contribution in [3.8, 4) is 6.19 Å². The predicted octanol–water partition coefficient (Wildman–Crippen LogP) is 2.63. The average molecular weight is 371 g/mol. The second-order valence-electron chi connectivity index (χ2n) is 6.19. The Kier molecular flexibility index (Phi) is 6.33. The lowest BCUT2D eigenvalue weighted by Crippen LogP contribution is -2.36. The normalized spacial score (nSPS) is 19.1. The number of hydrogen-bond acceptors (Lipinski definition) is 5. The summed E-state index contributed by atoms with van der Waals surface area (Å²) in [6.45, 7) is 5.96. The Morgan fingerprint density at radius 2 is 2.25 bits per heavy atom. The third-order valence-corrected chi connectivity index (χ3v) is 6.23. The number of sulfonamides is 1. The van der Waals surface area contributed by atoms with Gasteiger partial charge in [0, 0.05) is 31.4 Å². The van der Waals surface area contributed by atoms with E-state index in [-0.39, 0.29) is 16.0 Å². The molecule has 1 aromatic rings. The average Bonchev–Trinajstić information content (AvgIpc) is 3.00. The largest absolute Gasteiger partial charge is 0.385 e. The molecule has 0 bridgehead atoms. The lowest BCUT2D eigenvalue weighted by molar-refractivity contribution is 0.470. The van der Waals surface area contributed by atoms with Crippen LogP contribution in [0.3, 0.4) is 0 Å². The molecule has 0 amide bonds. The number of nitriles is 1. The fourth-order valence-electron chi connectivity index (χ4n) is 2.49. The Hall–Kier alpha value is -1.49. The molecule has 6 nitrogen and oxygen atoms in total. The second kappa shape index (κ2) is 8.06. The van der Waals surface area contributed by atoms with Gasteiger partial charge in [0.2, 0.25) is 10.0 Å². The first-order valence-corrected chi connectivity index (χ1v) is 9.92. The number of rotatable bonds is 7. The maximum atomic E-state index is 12.6. The zero-order valence-electron chi connectivity index (χ0n) is 13.9. The first kappa shape index (κ1) is 18.8. The van der Waals surface area contributed by atoms with Crippen LogP contribution in [0, 0.1) is 17.4 Å². The number of hydrogen-bond donors (Lipinski definition) is 2. The summed E-state index contributed by atoms with van der Waals surface area (Å²) in [6.07, 6.45) is 3.69. The van der Waals surface area contributed by atoms with Crippen LogP contribution >= 0.6 is 11.6 Å². The van der Waals surface area contributed by atoms with Gasteiger partial charge in [0.15, 0.2) is 6.19 Å². The number of nitrogens with zero attached hydrogens (tertiary/aromatic N) is 2. The maximum absolute atomic E-state index is 12.6. The molecule has 8 heteroatoms. The maximum Gasteiger partial charge on any atom is 0.242 e. The summed E-state index contributed by atoms with van der Waals surface area (Å²) in [5.74, 6) is 0.495. The van der Waals surface area contributed by atoms with Crippen LogP contribution in [0.1, 0.15) is 26.7 Å². The topological polar surface area (TPSA) is 85.2 Å². The summed E-state index contributed by atoms with van der Waals surface area (Å²) < 4.78 is 27.9. The molecular weight excluding hydrogens is 348 g/mol. The van der Waals surface area contributed by atoms with Crippen LogP contribution in [0.4, 0.5) is 5.69 Å². The fraction of sp³-hybridized carbons (Fsp3) is 0.562. The summed E-state index contributed by atoms with van der Waals surface area (Å²) in [7, 11) is -3.73. The van der Waals surface area contributed by atoms with Crippen molar-refractivity contribution in [1.29, 1.82) is 5.26 Å². The van der Waals surface area contributed by atoms with Crippen LogP contribution in [0.2, 0.25) is 5.02 Å². The van der Waals surface area contributed by atoms with Crippen molar-refractivity contribution in [3.05, 3.63) is 23.2 Å². The minimum absolute atomic E-state index is 0.0636. The number of likely N-dealkylation sites (tertiary alicyclic amines) is 1. The van der Waals surface area contributed by atoms with Gasteiger partial charge in [0.1, 0.15) is 4.90 Å². The molecule has 0 saturated carbocycles. The number of benzene rings is 1. The Morgan fingerprint density at radius 3 is 2.88 bits per heavy atom. The van der Waals surface area contributed by atoms with E-state index < -0.39 is 10.0 Å². The summed E-state index contributed by atoms with van der Waals surface area (Å²) in [4.78, 5) is 1.60. The molecule has 0 spiro atoms. The molecule has 1 heterocycles. The van der Waals surface area contributed by atoms with Crippen LogP contribution < -0.4 is 10.0 Å². The number of anilines is 1. The highest BCUT2D eigenvalue weighted by atomic mass is 35.5. The smallest absolute Gasteiger partial charge is 0.242 e. The van der Waals surface area contributed by atoms with Gasteiger partial charge in [0.25, 0.3) is 0 Å². The van der Waals surface area contributed by atoms with Crippen molar-refractivity contribution >= 4 is 27.3 Å². The van der Waals surface area contributed by atoms with Crippen molar-refractivity contribution in [2.45, 2.75) is 37.6 Å². The van der Waals surface area contributed by atoms with Crippen molar-refractivity contribution < 1.29 is 8.42 Å². The van der Waals surface area contributed by atoms with Gasteiger partial charge >= 0.3 is 0 Å². The standard InChI is InChI=1S/C16H23ClN4O2S/c1-3-12(2)9-19-13-4-5-15(17)16(8-13)24(22,23)20-14-6-7-21(10-14)11-18/h4-5,8,12,14,19-20H,3,6-7,9-10H2,1-2H3. The zero-order valence-corrected chi connectivity index (χ0v) is 15.5. The monoisotopic (exact) mass is 370 g/mol. The molecule has 2 unspecified atom stereocenters. The number of nitrogens with one attached hydrogen (secondary N) is 2. The highest BCUT2D eigenvalue weighted by Crippen LogP contribution is 2.26. The highest BCUT2D eigenvalue weighted by molar-refractivity contribution is 7.89. The van der Waals surface area contributed by atoms with E-state index in [9.17, 15) is 8.42 Å². The molecule has 1 saturated heterocycles. The molecule has 1 aromatic carbocycles. The predicted molar refractivity (Wildman–Crippen MR) is 95.3 cm³/mol. The first-order chi connectivity index (χ1) is 11.4. The van der Waals surface area contributed by atoms with Gasteiger partial charge in [-0.1, -0.05) is 31.9 Å². The number of halogens is 1. The van der Waals surface area contributed by atoms with E-state index in [1.165, 1.54) is 0 Å². The quantitative estimate of drug-likeness (QED) is 0.720. The molecule has 2 N–H and O–H groups in total. The summed E-state index contributed by atoms with van der Waals surface area (Å²) >= 11 is 6.10. The summed E-state index contributed by atoms with van der Waals surface area (Å²) in [6, 6.07) is 4.65. The molecular formula is C16H23ClN4O2S. The van der Waals surface area contributed by atoms with Crippen LogP contribution in [0.25, 0.3) is 0 Å². The first-order valence-electron chi connectivity index (χ1n) is 8.06. The summed E-state index contributed by atoms with van der Waals surface area (Å²) in [5, 5.41) is 12.3. The molecule has 2 rings (SSSR count). The van der Waals surface area contributed by atoms with Crippen LogP contribution in [0.15, 0.2) is 23.1 Å². The summed E-state index contributed by atoms with van der Waals surface area (Å²) in [5.41, 5.74) is 0.727. The Bertz CT molecular complexity index is 717. The van der Waals surface area contributed by atoms with Crippen molar-refractivity contribution in [2.75, 3.05) is 25.0 Å².